The first-order valence-corrected chi connectivity index (χ1v) is 5.73. The van der Waals surface area contributed by atoms with E-state index in [0.29, 0.717) is 11.3 Å². The van der Waals surface area contributed by atoms with Crippen molar-refractivity contribution in [3.05, 3.63) is 29.8 Å². The van der Waals surface area contributed by atoms with Crippen LogP contribution in [0.2, 0.25) is 0 Å². The number of ether oxygens (including phenoxy) is 1. The van der Waals surface area contributed by atoms with E-state index < -0.39 is 0 Å². The van der Waals surface area contributed by atoms with E-state index in [4.69, 9.17) is 4.74 Å². The Morgan fingerprint density at radius 1 is 1.38 bits per heavy atom. The first kappa shape index (κ1) is 11.1. The molecule has 1 aliphatic heterocycles. The number of benzene rings is 1. The van der Waals surface area contributed by atoms with Crippen LogP contribution in [0.4, 0.5) is 0 Å². The van der Waals surface area contributed by atoms with E-state index in [1.807, 2.05) is 24.3 Å². The number of hydrogen-bond donors (Lipinski definition) is 1. The van der Waals surface area contributed by atoms with Crippen molar-refractivity contribution in [2.24, 2.45) is 0 Å². The maximum Gasteiger partial charge on any atom is 0.183 e. The molecule has 2 rings (SSSR count). The number of Topliss-reactive ketones (excluding diaryl/α,β-unsaturated/α-hetero) is 1. The van der Waals surface area contributed by atoms with Crippen LogP contribution >= 0.6 is 0 Å². The highest BCUT2D eigenvalue weighted by Crippen LogP contribution is 2.21. The molecule has 1 aromatic carbocycles. The fraction of sp³-hybridized carbons (Fsp3) is 0.462. The van der Waals surface area contributed by atoms with Crippen LogP contribution in [0.25, 0.3) is 0 Å². The molecule has 3 nitrogen and oxygen atoms in total. The molecule has 1 atom stereocenters. The minimum atomic E-state index is -0.0370. The lowest BCUT2D eigenvalue weighted by Crippen LogP contribution is -2.40. The van der Waals surface area contributed by atoms with Crippen molar-refractivity contribution < 1.29 is 9.53 Å². The van der Waals surface area contributed by atoms with Gasteiger partial charge in [-0.25, -0.2) is 0 Å². The van der Waals surface area contributed by atoms with Gasteiger partial charge < -0.3 is 10.1 Å². The van der Waals surface area contributed by atoms with Crippen molar-refractivity contribution in [2.75, 3.05) is 13.7 Å². The third-order valence-electron chi connectivity index (χ3n) is 3.00. The molecule has 16 heavy (non-hydrogen) atoms. The fourth-order valence-corrected chi connectivity index (χ4v) is 2.11. The van der Waals surface area contributed by atoms with Gasteiger partial charge in [0.15, 0.2) is 5.78 Å². The summed E-state index contributed by atoms with van der Waals surface area (Å²) in [6.45, 7) is 0.936. The molecule has 0 spiro atoms. The molecule has 0 aliphatic carbocycles. The number of methoxy groups -OCH3 is 1. The van der Waals surface area contributed by atoms with Crippen LogP contribution in [-0.4, -0.2) is 25.5 Å². The van der Waals surface area contributed by atoms with Gasteiger partial charge in [0.1, 0.15) is 5.75 Å². The molecule has 0 bridgehead atoms. The van der Waals surface area contributed by atoms with E-state index in [1.54, 1.807) is 7.11 Å². The van der Waals surface area contributed by atoms with Crippen molar-refractivity contribution in [3.63, 3.8) is 0 Å². The minimum Gasteiger partial charge on any atom is -0.496 e. The molecule has 0 radical (unpaired) electrons. The Morgan fingerprint density at radius 2 is 2.19 bits per heavy atom. The zero-order chi connectivity index (χ0) is 11.4. The van der Waals surface area contributed by atoms with E-state index in [-0.39, 0.29) is 11.8 Å². The summed E-state index contributed by atoms with van der Waals surface area (Å²) in [4.78, 5) is 12.2. The number of piperidine rings is 1. The van der Waals surface area contributed by atoms with Crippen LogP contribution in [0.15, 0.2) is 24.3 Å². The van der Waals surface area contributed by atoms with Gasteiger partial charge in [-0.1, -0.05) is 18.6 Å². The molecule has 86 valence electrons. The van der Waals surface area contributed by atoms with Crippen LogP contribution in [0.1, 0.15) is 29.6 Å². The Morgan fingerprint density at radius 3 is 2.88 bits per heavy atom. The van der Waals surface area contributed by atoms with Crippen LogP contribution in [0, 0.1) is 0 Å². The normalized spacial score (nSPS) is 20.4. The summed E-state index contributed by atoms with van der Waals surface area (Å²) in [5.41, 5.74) is 0.685. The summed E-state index contributed by atoms with van der Waals surface area (Å²) in [6.07, 6.45) is 3.21. The van der Waals surface area contributed by atoms with Gasteiger partial charge in [0.05, 0.1) is 18.7 Å². The number of hydrogen-bond acceptors (Lipinski definition) is 3. The predicted molar refractivity (Wildman–Crippen MR) is 63.0 cm³/mol. The molecule has 0 aromatic heterocycles. The number of nitrogens with one attached hydrogen (secondary N) is 1. The zero-order valence-electron chi connectivity index (χ0n) is 9.53. The Labute approximate surface area is 95.8 Å². The molecular weight excluding hydrogens is 202 g/mol. The number of carbonyl (C=O) groups excluding carboxylic acids is 1. The highest BCUT2D eigenvalue weighted by atomic mass is 16.5. The highest BCUT2D eigenvalue weighted by Gasteiger charge is 2.23. The molecule has 0 amide bonds. The van der Waals surface area contributed by atoms with Crippen molar-refractivity contribution >= 4 is 5.78 Å². The summed E-state index contributed by atoms with van der Waals surface area (Å²) < 4.78 is 5.21. The SMILES string of the molecule is COc1ccccc1C(=O)C1CCCCN1. The Kier molecular flexibility index (Phi) is 3.57. The maximum atomic E-state index is 12.2. The topological polar surface area (TPSA) is 38.3 Å². The molecule has 1 aliphatic rings. The average molecular weight is 219 g/mol. The minimum absolute atomic E-state index is 0.0370. The van der Waals surface area contributed by atoms with Gasteiger partial charge in [-0.05, 0) is 31.5 Å². The van der Waals surface area contributed by atoms with Gasteiger partial charge in [-0.3, -0.25) is 4.79 Å². The quantitative estimate of drug-likeness (QED) is 0.790. The van der Waals surface area contributed by atoms with Crippen molar-refractivity contribution in [3.8, 4) is 5.75 Å². The van der Waals surface area contributed by atoms with Crippen molar-refractivity contribution in [1.82, 2.24) is 5.32 Å². The zero-order valence-corrected chi connectivity index (χ0v) is 9.53. The lowest BCUT2D eigenvalue weighted by molar-refractivity contribution is 0.0924. The monoisotopic (exact) mass is 219 g/mol. The Hall–Kier alpha value is -1.35. The van der Waals surface area contributed by atoms with Crippen LogP contribution in [0.3, 0.4) is 0 Å². The van der Waals surface area contributed by atoms with Crippen LogP contribution in [0.5, 0.6) is 5.75 Å². The first-order chi connectivity index (χ1) is 7.83. The van der Waals surface area contributed by atoms with Gasteiger partial charge in [0, 0.05) is 0 Å². The van der Waals surface area contributed by atoms with E-state index in [9.17, 15) is 4.79 Å². The Bertz CT molecular complexity index is 370. The molecule has 0 saturated carbocycles. The standard InChI is InChI=1S/C13H17NO2/c1-16-12-8-3-2-6-10(12)13(15)11-7-4-5-9-14-11/h2-3,6,8,11,14H,4-5,7,9H2,1H3. The second kappa shape index (κ2) is 5.12. The van der Waals surface area contributed by atoms with Gasteiger partial charge in [0.25, 0.3) is 0 Å². The second-order valence-electron chi connectivity index (χ2n) is 4.07. The molecular formula is C13H17NO2. The summed E-state index contributed by atoms with van der Waals surface area (Å²) in [7, 11) is 1.60. The smallest absolute Gasteiger partial charge is 0.183 e. The molecule has 1 heterocycles. The predicted octanol–water partition coefficient (Wildman–Crippen LogP) is 2.02. The van der Waals surface area contributed by atoms with E-state index in [0.717, 1.165) is 25.8 Å². The van der Waals surface area contributed by atoms with Crippen molar-refractivity contribution in [1.29, 1.82) is 0 Å². The average Bonchev–Trinajstić information content (AvgIpc) is 2.39. The molecule has 1 saturated heterocycles. The van der Waals surface area contributed by atoms with Crippen LogP contribution < -0.4 is 10.1 Å². The molecule has 1 N–H and O–H groups in total. The lowest BCUT2D eigenvalue weighted by atomic mass is 9.96. The van der Waals surface area contributed by atoms with Gasteiger partial charge in [0.2, 0.25) is 0 Å². The molecule has 1 unspecified atom stereocenters. The van der Waals surface area contributed by atoms with Gasteiger partial charge >= 0.3 is 0 Å². The Balaban J connectivity index is 2.19. The molecule has 3 heteroatoms. The number of rotatable bonds is 3. The van der Waals surface area contributed by atoms with Crippen molar-refractivity contribution in [2.45, 2.75) is 25.3 Å². The van der Waals surface area contributed by atoms with E-state index in [1.165, 1.54) is 0 Å². The summed E-state index contributed by atoms with van der Waals surface area (Å²) >= 11 is 0. The lowest BCUT2D eigenvalue weighted by Gasteiger charge is -2.22. The molecule has 1 fully saturated rings. The van der Waals surface area contributed by atoms with Crippen LogP contribution in [-0.2, 0) is 0 Å². The van der Waals surface area contributed by atoms with Gasteiger partial charge in [-0.15, -0.1) is 0 Å². The molecule has 1 aromatic rings. The highest BCUT2D eigenvalue weighted by molar-refractivity contribution is 6.02. The summed E-state index contributed by atoms with van der Waals surface area (Å²) in [5.74, 6) is 0.817. The van der Waals surface area contributed by atoms with E-state index >= 15 is 0 Å². The third kappa shape index (κ3) is 2.25. The third-order valence-corrected chi connectivity index (χ3v) is 3.00. The number of para-hydroxylation sites is 1. The largest absolute Gasteiger partial charge is 0.496 e. The first-order valence-electron chi connectivity index (χ1n) is 5.73. The second-order valence-corrected chi connectivity index (χ2v) is 4.07. The number of carbonyl (C=O) groups is 1. The van der Waals surface area contributed by atoms with E-state index in [2.05, 4.69) is 5.32 Å². The van der Waals surface area contributed by atoms with Gasteiger partial charge in [-0.2, -0.15) is 0 Å². The number of ketones is 1. The maximum absolute atomic E-state index is 12.2. The summed E-state index contributed by atoms with van der Waals surface area (Å²) in [5, 5.41) is 3.26. The summed E-state index contributed by atoms with van der Waals surface area (Å²) in [6, 6.07) is 7.38. The fourth-order valence-electron chi connectivity index (χ4n) is 2.11.